The Morgan fingerprint density at radius 3 is 1.33 bits per heavy atom. The molecule has 0 bridgehead atoms. The summed E-state index contributed by atoms with van der Waals surface area (Å²) in [5.74, 6) is 0. The zero-order valence-corrected chi connectivity index (χ0v) is 20.8. The third-order valence-corrected chi connectivity index (χ3v) is 5.65. The minimum atomic E-state index is 0. The summed E-state index contributed by atoms with van der Waals surface area (Å²) in [6.45, 7) is 4.25. The first-order valence-electron chi connectivity index (χ1n) is 8.67. The average molecular weight is 491 g/mol. The van der Waals surface area contributed by atoms with E-state index in [0.717, 1.165) is 0 Å². The number of halogens is 2. The predicted molar refractivity (Wildman–Crippen MR) is 109 cm³/mol. The monoisotopic (exact) mass is 488 g/mol. The van der Waals surface area contributed by atoms with Gasteiger partial charge < -0.3 is 24.8 Å². The second kappa shape index (κ2) is 13.5. The Hall–Kier alpha value is -0.660. The van der Waals surface area contributed by atoms with Crippen molar-refractivity contribution < 1.29 is 51.0 Å². The maximum atomic E-state index is 2.20. The number of hydrogen-bond acceptors (Lipinski definition) is 0. The molecule has 0 nitrogen and oxygen atoms in total. The number of hydrogen-bond donors (Lipinski definition) is 0. The van der Waals surface area contributed by atoms with Crippen LogP contribution in [0.25, 0.3) is 21.5 Å². The molecule has 138 valence electrons. The predicted octanol–water partition coefficient (Wildman–Crippen LogP) is 0.671. The fourth-order valence-corrected chi connectivity index (χ4v) is 3.14. The van der Waals surface area contributed by atoms with Crippen LogP contribution in [-0.2, 0) is 26.2 Å². The van der Waals surface area contributed by atoms with Crippen LogP contribution in [0.3, 0.4) is 0 Å². The van der Waals surface area contributed by atoms with E-state index in [4.69, 9.17) is 0 Å². The van der Waals surface area contributed by atoms with Crippen molar-refractivity contribution >= 4 is 31.1 Å². The van der Waals surface area contributed by atoms with Gasteiger partial charge in [-0.15, -0.1) is 81.2 Å². The zero-order chi connectivity index (χ0) is 16.8. The van der Waals surface area contributed by atoms with Crippen LogP contribution in [0.15, 0.2) is 72.8 Å². The Kier molecular flexibility index (Phi) is 13.2. The first-order chi connectivity index (χ1) is 11.7. The zero-order valence-electron chi connectivity index (χ0n) is 15.8. The summed E-state index contributed by atoms with van der Waals surface area (Å²) in [7, 11) is 1.32. The van der Waals surface area contributed by atoms with Crippen LogP contribution in [0.4, 0.5) is 0 Å². The van der Waals surface area contributed by atoms with Gasteiger partial charge in [-0.25, -0.2) is 0 Å². The van der Waals surface area contributed by atoms with Crippen molar-refractivity contribution in [1.82, 2.24) is 0 Å². The molecule has 0 saturated carbocycles. The minimum absolute atomic E-state index is 0. The summed E-state index contributed by atoms with van der Waals surface area (Å²) < 4.78 is 0. The van der Waals surface area contributed by atoms with E-state index in [1.807, 2.05) is 0 Å². The van der Waals surface area contributed by atoms with E-state index in [1.54, 1.807) is 0 Å². The van der Waals surface area contributed by atoms with E-state index in [9.17, 15) is 0 Å². The molecule has 0 atom stereocenters. The molecule has 1 heterocycles. The molecule has 0 aromatic heterocycles. The molecular formula is C23H24Cl2SiZr. The van der Waals surface area contributed by atoms with Crippen molar-refractivity contribution in [2.24, 2.45) is 0 Å². The molecule has 27 heavy (non-hydrogen) atoms. The Morgan fingerprint density at radius 1 is 0.704 bits per heavy atom. The van der Waals surface area contributed by atoms with E-state index in [1.165, 1.54) is 60.7 Å². The van der Waals surface area contributed by atoms with Gasteiger partial charge in [0.15, 0.2) is 0 Å². The van der Waals surface area contributed by atoms with Gasteiger partial charge in [-0.3, -0.25) is 0 Å². The van der Waals surface area contributed by atoms with Crippen molar-refractivity contribution in [3.8, 4) is 0 Å². The maximum Gasteiger partial charge on any atom is 4.00 e. The molecule has 1 aliphatic rings. The first kappa shape index (κ1) is 26.3. The van der Waals surface area contributed by atoms with Crippen LogP contribution in [0.5, 0.6) is 0 Å². The fourth-order valence-electron chi connectivity index (χ4n) is 2.79. The molecule has 4 aromatic rings. The fraction of sp³-hybridized carbons (Fsp3) is 0.217. The largest absolute Gasteiger partial charge is 4.00 e. The van der Waals surface area contributed by atoms with Gasteiger partial charge in [-0.2, -0.15) is 12.1 Å². The molecule has 1 fully saturated rings. The topological polar surface area (TPSA) is 0 Å². The van der Waals surface area contributed by atoms with E-state index >= 15 is 0 Å². The van der Waals surface area contributed by atoms with Crippen molar-refractivity contribution in [2.45, 2.75) is 32.4 Å². The van der Waals surface area contributed by atoms with Gasteiger partial charge in [0.25, 0.3) is 0 Å². The molecular weight excluding hydrogens is 466 g/mol. The number of rotatable bonds is 0. The Bertz CT molecular complexity index is 765. The minimum Gasteiger partial charge on any atom is -1.00 e. The SMILES string of the molecule is C1C[Si]C1.Cc1cc2ccccc2[cH-]1.Cc1cc2ccccc2[cH-]1.[Cl-].[Cl-].[Zr+4]. The molecule has 0 unspecified atom stereocenters. The summed E-state index contributed by atoms with van der Waals surface area (Å²) in [5, 5.41) is 5.39. The molecule has 0 amide bonds. The third kappa shape index (κ3) is 8.08. The van der Waals surface area contributed by atoms with E-state index in [2.05, 4.69) is 86.6 Å². The normalized spacial score (nSPS) is 11.3. The summed E-state index contributed by atoms with van der Waals surface area (Å²) >= 11 is 0. The first-order valence-corrected chi connectivity index (χ1v) is 10.1. The average Bonchev–Trinajstić information content (AvgIpc) is 3.06. The van der Waals surface area contributed by atoms with Gasteiger partial charge >= 0.3 is 26.2 Å². The quantitative estimate of drug-likeness (QED) is 0.251. The van der Waals surface area contributed by atoms with Crippen LogP contribution in [-0.4, -0.2) is 9.52 Å². The van der Waals surface area contributed by atoms with E-state index in [-0.39, 0.29) is 51.0 Å². The van der Waals surface area contributed by atoms with Gasteiger partial charge in [-0.1, -0.05) is 44.5 Å². The van der Waals surface area contributed by atoms with Crippen LogP contribution < -0.4 is 24.8 Å². The second-order valence-corrected chi connectivity index (χ2v) is 7.93. The number of aryl methyl sites for hydroxylation is 2. The van der Waals surface area contributed by atoms with Crippen LogP contribution in [0, 0.1) is 13.8 Å². The summed E-state index contributed by atoms with van der Waals surface area (Å²) in [5.41, 5.74) is 2.70. The van der Waals surface area contributed by atoms with Crippen molar-refractivity contribution in [2.75, 3.05) is 0 Å². The molecule has 1 saturated heterocycles. The number of fused-ring (bicyclic) bond motifs is 2. The molecule has 0 aliphatic carbocycles. The van der Waals surface area contributed by atoms with Gasteiger partial charge in [-0.05, 0) is 0 Å². The van der Waals surface area contributed by atoms with Crippen molar-refractivity contribution in [3.63, 3.8) is 0 Å². The molecule has 0 spiro atoms. The van der Waals surface area contributed by atoms with Gasteiger partial charge in [0.05, 0.1) is 0 Å². The standard InChI is InChI=1S/2C10H9.C3H6Si.2ClH.Zr/c2*1-8-6-9-4-2-3-5-10(9)7-8;1-2-4-3-1;;;/h2*2-7H,1H3;1-3H2;2*1H;/q2*-1;;;;+4/p-2. The maximum absolute atomic E-state index is 2.20. The Balaban J connectivity index is 0.000000382. The molecule has 1 aliphatic heterocycles. The van der Waals surface area contributed by atoms with Crippen LogP contribution in [0.1, 0.15) is 17.5 Å². The Morgan fingerprint density at radius 2 is 1.04 bits per heavy atom. The molecule has 4 heteroatoms. The van der Waals surface area contributed by atoms with Crippen molar-refractivity contribution in [1.29, 1.82) is 0 Å². The van der Waals surface area contributed by atoms with Gasteiger partial charge in [0.1, 0.15) is 0 Å². The Labute approximate surface area is 197 Å². The second-order valence-electron chi connectivity index (χ2n) is 6.43. The summed E-state index contributed by atoms with van der Waals surface area (Å²) in [4.78, 5) is 0. The smallest absolute Gasteiger partial charge is 1.00 e. The summed E-state index contributed by atoms with van der Waals surface area (Å²) in [6.07, 6.45) is 1.51. The number of benzene rings is 2. The summed E-state index contributed by atoms with van der Waals surface area (Å²) in [6, 6.07) is 28.7. The van der Waals surface area contributed by atoms with Crippen molar-refractivity contribution in [3.05, 3.63) is 83.9 Å². The third-order valence-electron chi connectivity index (χ3n) is 4.23. The molecule has 2 radical (unpaired) electrons. The van der Waals surface area contributed by atoms with Gasteiger partial charge in [0.2, 0.25) is 0 Å². The molecule has 5 rings (SSSR count). The van der Waals surface area contributed by atoms with Crippen LogP contribution >= 0.6 is 0 Å². The van der Waals surface area contributed by atoms with E-state index < -0.39 is 0 Å². The van der Waals surface area contributed by atoms with Gasteiger partial charge in [0, 0.05) is 9.52 Å². The molecule has 4 aromatic carbocycles. The molecule has 0 N–H and O–H groups in total. The van der Waals surface area contributed by atoms with E-state index in [0.29, 0.717) is 0 Å². The van der Waals surface area contributed by atoms with Crippen LogP contribution in [0.2, 0.25) is 12.1 Å².